The van der Waals surface area contributed by atoms with Gasteiger partial charge in [-0.25, -0.2) is 0 Å². The molecule has 0 saturated carbocycles. The van der Waals surface area contributed by atoms with E-state index in [9.17, 15) is 9.59 Å². The third-order valence-corrected chi connectivity index (χ3v) is 5.57. The number of carboxylic acid groups (broad SMARTS) is 1. The fourth-order valence-corrected chi connectivity index (χ4v) is 4.18. The summed E-state index contributed by atoms with van der Waals surface area (Å²) >= 11 is 1.71. The van der Waals surface area contributed by atoms with Gasteiger partial charge in [0.25, 0.3) is 0 Å². The molecule has 1 unspecified atom stereocenters. The van der Waals surface area contributed by atoms with Gasteiger partial charge >= 0.3 is 5.97 Å². The predicted octanol–water partition coefficient (Wildman–Crippen LogP) is 2.64. The largest absolute Gasteiger partial charge is 0.480 e. The van der Waals surface area contributed by atoms with Crippen LogP contribution >= 0.6 is 24.2 Å². The van der Waals surface area contributed by atoms with Crippen molar-refractivity contribution in [3.8, 4) is 0 Å². The molecule has 1 aliphatic rings. The van der Waals surface area contributed by atoms with E-state index < -0.39 is 5.97 Å². The van der Waals surface area contributed by atoms with Crippen molar-refractivity contribution in [3.63, 3.8) is 0 Å². The monoisotopic (exact) mass is 386 g/mol. The van der Waals surface area contributed by atoms with E-state index in [1.54, 1.807) is 11.8 Å². The van der Waals surface area contributed by atoms with E-state index in [-0.39, 0.29) is 42.2 Å². The van der Waals surface area contributed by atoms with E-state index in [1.807, 2.05) is 0 Å². The highest BCUT2D eigenvalue weighted by atomic mass is 35.5. The van der Waals surface area contributed by atoms with E-state index in [4.69, 9.17) is 5.11 Å². The van der Waals surface area contributed by atoms with Gasteiger partial charge in [0.1, 0.15) is 6.54 Å². The Balaban J connectivity index is 0.00000312. The first kappa shape index (κ1) is 21.8. The predicted molar refractivity (Wildman–Crippen MR) is 104 cm³/mol. The molecule has 1 fully saturated rings. The lowest BCUT2D eigenvalue weighted by Gasteiger charge is -2.21. The molecule has 140 valence electrons. The lowest BCUT2D eigenvalue weighted by molar-refractivity contribution is -0.138. The number of carbonyl (C=O) groups excluding carboxylic acids is 1. The minimum Gasteiger partial charge on any atom is -0.480 e. The molecule has 0 radical (unpaired) electrons. The molecule has 0 bridgehead atoms. The van der Waals surface area contributed by atoms with Crippen LogP contribution in [0.5, 0.6) is 0 Å². The van der Waals surface area contributed by atoms with Crippen LogP contribution in [-0.2, 0) is 16.0 Å². The number of hydrogen-bond donors (Lipinski definition) is 3. The van der Waals surface area contributed by atoms with Crippen LogP contribution in [0.4, 0.5) is 0 Å². The fraction of sp³-hybridized carbons (Fsp3) is 0.556. The first-order valence-electron chi connectivity index (χ1n) is 8.32. The Bertz CT molecular complexity index is 580. The third kappa shape index (κ3) is 6.53. The Morgan fingerprint density at radius 3 is 2.48 bits per heavy atom. The lowest BCUT2D eigenvalue weighted by Crippen LogP contribution is -2.46. The van der Waals surface area contributed by atoms with Crippen LogP contribution in [0.15, 0.2) is 24.3 Å². The molecule has 1 aromatic carbocycles. The molecule has 7 heteroatoms. The van der Waals surface area contributed by atoms with Crippen LogP contribution < -0.4 is 10.6 Å². The van der Waals surface area contributed by atoms with Crippen LogP contribution in [-0.4, -0.2) is 40.7 Å². The average molecular weight is 387 g/mol. The second-order valence-corrected chi connectivity index (χ2v) is 7.89. The lowest BCUT2D eigenvalue weighted by atomic mass is 9.96. The van der Waals surface area contributed by atoms with Gasteiger partial charge in [0, 0.05) is 11.7 Å². The smallest absolute Gasteiger partial charge is 0.322 e. The highest BCUT2D eigenvalue weighted by molar-refractivity contribution is 8.00. The molecule has 0 aromatic heterocycles. The van der Waals surface area contributed by atoms with E-state index in [0.717, 1.165) is 6.42 Å². The van der Waals surface area contributed by atoms with Gasteiger partial charge < -0.3 is 10.4 Å². The maximum Gasteiger partial charge on any atom is 0.322 e. The van der Waals surface area contributed by atoms with Crippen LogP contribution in [0.2, 0.25) is 0 Å². The molecule has 3 atom stereocenters. The van der Waals surface area contributed by atoms with Gasteiger partial charge in [-0.3, -0.25) is 14.9 Å². The summed E-state index contributed by atoms with van der Waals surface area (Å²) in [5, 5.41) is 14.5. The highest BCUT2D eigenvalue weighted by Crippen LogP contribution is 2.32. The second-order valence-electron chi connectivity index (χ2n) is 6.71. The number of hydrogen-bond acceptors (Lipinski definition) is 4. The number of carboxylic acids is 1. The Labute approximate surface area is 159 Å². The number of rotatable bonds is 7. The van der Waals surface area contributed by atoms with Gasteiger partial charge in [-0.05, 0) is 23.5 Å². The zero-order valence-corrected chi connectivity index (χ0v) is 16.5. The van der Waals surface area contributed by atoms with Crippen LogP contribution in [0.3, 0.4) is 0 Å². The summed E-state index contributed by atoms with van der Waals surface area (Å²) in [6.45, 7) is 6.25. The SMILES string of the molecule is CC(C)Cc1ccc([C@@H](C)C2N[C@H](C(=O)NCC(=O)O)CS2)cc1.Cl. The van der Waals surface area contributed by atoms with Crippen molar-refractivity contribution in [1.82, 2.24) is 10.6 Å². The summed E-state index contributed by atoms with van der Waals surface area (Å²) in [5.41, 5.74) is 2.60. The highest BCUT2D eigenvalue weighted by Gasteiger charge is 2.33. The summed E-state index contributed by atoms with van der Waals surface area (Å²) in [6, 6.07) is 8.37. The number of benzene rings is 1. The Morgan fingerprint density at radius 2 is 1.92 bits per heavy atom. The number of amides is 1. The number of nitrogens with one attached hydrogen (secondary N) is 2. The standard InChI is InChI=1S/C18H26N2O3S.ClH/c1-11(2)8-13-4-6-14(7-5-13)12(3)18-20-15(10-24-18)17(23)19-9-16(21)22;/h4-7,11-12,15,18,20H,8-10H2,1-3H3,(H,19,23)(H,21,22);1H/t12-,15+,18?;/m1./s1. The minimum atomic E-state index is -1.03. The van der Waals surface area contributed by atoms with Gasteiger partial charge in [0.2, 0.25) is 5.91 Å². The Hall–Kier alpha value is -1.24. The van der Waals surface area contributed by atoms with Gasteiger partial charge in [-0.2, -0.15) is 0 Å². The van der Waals surface area contributed by atoms with Crippen molar-refractivity contribution in [1.29, 1.82) is 0 Å². The summed E-state index contributed by atoms with van der Waals surface area (Å²) < 4.78 is 0. The molecule has 0 spiro atoms. The van der Waals surface area contributed by atoms with Crippen molar-refractivity contribution in [2.75, 3.05) is 12.3 Å². The molecule has 1 amide bonds. The first-order valence-corrected chi connectivity index (χ1v) is 9.37. The molecular weight excluding hydrogens is 360 g/mol. The summed E-state index contributed by atoms with van der Waals surface area (Å²) in [5.74, 6) is 0.310. The normalized spacial score (nSPS) is 20.8. The Morgan fingerprint density at radius 1 is 1.28 bits per heavy atom. The van der Waals surface area contributed by atoms with Gasteiger partial charge in [-0.1, -0.05) is 45.0 Å². The zero-order valence-electron chi connectivity index (χ0n) is 14.8. The number of aliphatic carboxylic acids is 1. The molecule has 3 N–H and O–H groups in total. The second kappa shape index (κ2) is 10.0. The summed E-state index contributed by atoms with van der Waals surface area (Å²) in [4.78, 5) is 22.5. The fourth-order valence-electron chi connectivity index (χ4n) is 2.82. The molecule has 1 aromatic rings. The molecule has 1 saturated heterocycles. The van der Waals surface area contributed by atoms with Crippen molar-refractivity contribution >= 4 is 36.0 Å². The zero-order chi connectivity index (χ0) is 17.7. The molecule has 5 nitrogen and oxygen atoms in total. The van der Waals surface area contributed by atoms with Gasteiger partial charge in [0.15, 0.2) is 0 Å². The van der Waals surface area contributed by atoms with Crippen LogP contribution in [0, 0.1) is 5.92 Å². The van der Waals surface area contributed by atoms with Crippen molar-refractivity contribution < 1.29 is 14.7 Å². The number of carbonyl (C=O) groups is 2. The maximum atomic E-state index is 12.0. The average Bonchev–Trinajstić information content (AvgIpc) is 3.02. The minimum absolute atomic E-state index is 0. The maximum absolute atomic E-state index is 12.0. The van der Waals surface area contributed by atoms with Crippen LogP contribution in [0.25, 0.3) is 0 Å². The van der Waals surface area contributed by atoms with Gasteiger partial charge in [-0.15, -0.1) is 24.2 Å². The van der Waals surface area contributed by atoms with Crippen molar-refractivity contribution in [2.24, 2.45) is 5.92 Å². The first-order chi connectivity index (χ1) is 11.4. The number of thioether (sulfide) groups is 1. The van der Waals surface area contributed by atoms with Crippen molar-refractivity contribution in [3.05, 3.63) is 35.4 Å². The van der Waals surface area contributed by atoms with E-state index in [2.05, 4.69) is 55.7 Å². The molecular formula is C18H27ClN2O3S. The van der Waals surface area contributed by atoms with Crippen LogP contribution in [0.1, 0.15) is 37.8 Å². The quantitative estimate of drug-likeness (QED) is 0.671. The van der Waals surface area contributed by atoms with Gasteiger partial charge in [0.05, 0.1) is 11.4 Å². The molecule has 25 heavy (non-hydrogen) atoms. The third-order valence-electron chi connectivity index (χ3n) is 4.14. The van der Waals surface area contributed by atoms with E-state index >= 15 is 0 Å². The molecule has 0 aliphatic carbocycles. The Kier molecular flexibility index (Phi) is 8.76. The van der Waals surface area contributed by atoms with Crippen molar-refractivity contribution in [2.45, 2.75) is 44.5 Å². The van der Waals surface area contributed by atoms with E-state index in [1.165, 1.54) is 11.1 Å². The molecule has 2 rings (SSSR count). The molecule has 1 aliphatic heterocycles. The summed E-state index contributed by atoms with van der Waals surface area (Å²) in [7, 11) is 0. The molecule has 1 heterocycles. The van der Waals surface area contributed by atoms with E-state index in [0.29, 0.717) is 11.7 Å². The number of halogens is 1. The topological polar surface area (TPSA) is 78.4 Å². The summed E-state index contributed by atoms with van der Waals surface area (Å²) in [6.07, 6.45) is 1.08.